The van der Waals surface area contributed by atoms with Crippen molar-refractivity contribution in [2.45, 2.75) is 32.6 Å². The van der Waals surface area contributed by atoms with Crippen LogP contribution in [0.1, 0.15) is 32.4 Å². The molecule has 1 aliphatic heterocycles. The summed E-state index contributed by atoms with van der Waals surface area (Å²) < 4.78 is 0. The Morgan fingerprint density at radius 3 is 2.56 bits per heavy atom. The van der Waals surface area contributed by atoms with E-state index in [-0.39, 0.29) is 0 Å². The molecule has 100 valence electrons. The van der Waals surface area contributed by atoms with E-state index in [1.807, 2.05) is 12.1 Å². The topological polar surface area (TPSA) is 16.1 Å². The summed E-state index contributed by atoms with van der Waals surface area (Å²) >= 11 is 11.9. The van der Waals surface area contributed by atoms with E-state index in [0.717, 1.165) is 36.4 Å². The fourth-order valence-electron chi connectivity index (χ4n) is 2.54. The molecular weight excluding hydrogens is 267 g/mol. The lowest BCUT2D eigenvalue weighted by Crippen LogP contribution is -2.35. The Balaban J connectivity index is 2.05. The van der Waals surface area contributed by atoms with Crippen LogP contribution in [0.5, 0.6) is 0 Å². The molecule has 2 heterocycles. The molecule has 0 aliphatic carbocycles. The third-order valence-corrected chi connectivity index (χ3v) is 4.43. The van der Waals surface area contributed by atoms with Gasteiger partial charge in [-0.25, -0.2) is 4.98 Å². The van der Waals surface area contributed by atoms with E-state index < -0.39 is 0 Å². The molecule has 18 heavy (non-hydrogen) atoms. The number of pyridine rings is 1. The lowest BCUT2D eigenvalue weighted by atomic mass is 9.87. The summed E-state index contributed by atoms with van der Waals surface area (Å²) in [6.07, 6.45) is 2.50. The maximum absolute atomic E-state index is 6.03. The van der Waals surface area contributed by atoms with Gasteiger partial charge in [0.25, 0.3) is 0 Å². The largest absolute Gasteiger partial charge is 0.357 e. The summed E-state index contributed by atoms with van der Waals surface area (Å²) in [6, 6.07) is 3.89. The molecule has 1 saturated heterocycles. The number of nitrogens with zero attached hydrogens (tertiary/aromatic N) is 2. The molecule has 4 heteroatoms. The molecule has 1 aromatic rings. The third kappa shape index (κ3) is 3.10. The van der Waals surface area contributed by atoms with Crippen LogP contribution in [-0.2, 0) is 5.88 Å². The predicted octanol–water partition coefficient (Wildman–Crippen LogP) is 4.35. The van der Waals surface area contributed by atoms with Crippen LogP contribution in [0.4, 0.5) is 5.82 Å². The van der Waals surface area contributed by atoms with Crippen LogP contribution >= 0.6 is 23.2 Å². The number of aromatic nitrogens is 1. The van der Waals surface area contributed by atoms with Crippen molar-refractivity contribution in [1.82, 2.24) is 4.98 Å². The molecule has 0 radical (unpaired) electrons. The van der Waals surface area contributed by atoms with E-state index in [1.54, 1.807) is 0 Å². The van der Waals surface area contributed by atoms with Gasteiger partial charge in [0.05, 0.1) is 16.6 Å². The van der Waals surface area contributed by atoms with Crippen molar-refractivity contribution in [1.29, 1.82) is 0 Å². The summed E-state index contributed by atoms with van der Waals surface area (Å²) in [7, 11) is 0. The normalized spacial score (nSPS) is 17.5. The molecule has 1 aromatic heterocycles. The Morgan fingerprint density at radius 1 is 1.33 bits per heavy atom. The van der Waals surface area contributed by atoms with E-state index in [9.17, 15) is 0 Å². The molecule has 0 bridgehead atoms. The first-order chi connectivity index (χ1) is 8.61. The van der Waals surface area contributed by atoms with Crippen molar-refractivity contribution in [3.63, 3.8) is 0 Å². The number of rotatable bonds is 3. The van der Waals surface area contributed by atoms with Crippen molar-refractivity contribution in [2.75, 3.05) is 18.0 Å². The minimum absolute atomic E-state index is 0.370. The minimum atomic E-state index is 0.370. The molecule has 0 N–H and O–H groups in total. The summed E-state index contributed by atoms with van der Waals surface area (Å²) in [5, 5.41) is 0.658. The Morgan fingerprint density at radius 2 is 2.00 bits per heavy atom. The van der Waals surface area contributed by atoms with Gasteiger partial charge in [0, 0.05) is 13.1 Å². The van der Waals surface area contributed by atoms with Crippen LogP contribution in [-0.4, -0.2) is 18.1 Å². The van der Waals surface area contributed by atoms with Gasteiger partial charge in [-0.1, -0.05) is 25.4 Å². The van der Waals surface area contributed by atoms with Gasteiger partial charge in [-0.05, 0) is 36.8 Å². The van der Waals surface area contributed by atoms with E-state index >= 15 is 0 Å². The van der Waals surface area contributed by atoms with Crippen LogP contribution in [0.2, 0.25) is 5.02 Å². The average Bonchev–Trinajstić information content (AvgIpc) is 2.39. The van der Waals surface area contributed by atoms with Gasteiger partial charge in [0.1, 0.15) is 5.82 Å². The van der Waals surface area contributed by atoms with Crippen LogP contribution < -0.4 is 4.90 Å². The molecule has 1 aliphatic rings. The molecular formula is C14H20Cl2N2. The summed E-state index contributed by atoms with van der Waals surface area (Å²) in [4.78, 5) is 6.88. The fourth-order valence-corrected chi connectivity index (χ4v) is 2.98. The van der Waals surface area contributed by atoms with Gasteiger partial charge in [0.15, 0.2) is 0 Å². The zero-order valence-electron chi connectivity index (χ0n) is 11.0. The molecule has 0 unspecified atom stereocenters. The maximum atomic E-state index is 6.03. The summed E-state index contributed by atoms with van der Waals surface area (Å²) in [5.41, 5.74) is 0.779. The summed E-state index contributed by atoms with van der Waals surface area (Å²) in [6.45, 7) is 6.79. The van der Waals surface area contributed by atoms with E-state index in [4.69, 9.17) is 23.2 Å². The Kier molecular flexibility index (Phi) is 4.74. The summed E-state index contributed by atoms with van der Waals surface area (Å²) in [5.74, 6) is 3.01. The molecule has 2 rings (SSSR count). The smallest absolute Gasteiger partial charge is 0.128 e. The maximum Gasteiger partial charge on any atom is 0.128 e. The number of alkyl halides is 1. The predicted molar refractivity (Wildman–Crippen MR) is 78.6 cm³/mol. The van der Waals surface area contributed by atoms with Crippen LogP contribution in [0.15, 0.2) is 12.1 Å². The fraction of sp³-hybridized carbons (Fsp3) is 0.643. The lowest BCUT2D eigenvalue weighted by molar-refractivity contribution is 0.310. The van der Waals surface area contributed by atoms with Gasteiger partial charge < -0.3 is 4.90 Å². The highest BCUT2D eigenvalue weighted by atomic mass is 35.5. The number of anilines is 1. The zero-order chi connectivity index (χ0) is 13.1. The van der Waals surface area contributed by atoms with Crippen molar-refractivity contribution < 1.29 is 0 Å². The first-order valence-electron chi connectivity index (χ1n) is 6.58. The van der Waals surface area contributed by atoms with Gasteiger partial charge >= 0.3 is 0 Å². The molecule has 0 atom stereocenters. The van der Waals surface area contributed by atoms with Gasteiger partial charge in [-0.15, -0.1) is 11.6 Å². The van der Waals surface area contributed by atoms with E-state index in [0.29, 0.717) is 10.9 Å². The van der Waals surface area contributed by atoms with Crippen LogP contribution in [0.3, 0.4) is 0 Å². The highest BCUT2D eigenvalue weighted by molar-refractivity contribution is 6.32. The zero-order valence-corrected chi connectivity index (χ0v) is 12.5. The highest BCUT2D eigenvalue weighted by Gasteiger charge is 2.22. The second-order valence-corrected chi connectivity index (χ2v) is 5.97. The Bertz CT molecular complexity index is 399. The molecule has 1 fully saturated rings. The first kappa shape index (κ1) is 14.0. The third-order valence-electron chi connectivity index (χ3n) is 3.84. The van der Waals surface area contributed by atoms with Crippen LogP contribution in [0.25, 0.3) is 0 Å². The van der Waals surface area contributed by atoms with Gasteiger partial charge in [0.2, 0.25) is 0 Å². The van der Waals surface area contributed by atoms with Crippen molar-refractivity contribution >= 4 is 29.0 Å². The lowest BCUT2D eigenvalue weighted by Gasteiger charge is -2.34. The highest BCUT2D eigenvalue weighted by Crippen LogP contribution is 2.28. The van der Waals surface area contributed by atoms with Crippen molar-refractivity contribution in [3.05, 3.63) is 22.8 Å². The molecule has 0 aromatic carbocycles. The van der Waals surface area contributed by atoms with Crippen molar-refractivity contribution in [3.8, 4) is 0 Å². The minimum Gasteiger partial charge on any atom is -0.357 e. The second kappa shape index (κ2) is 6.12. The Hall–Kier alpha value is -0.470. The second-order valence-electron chi connectivity index (χ2n) is 5.30. The monoisotopic (exact) mass is 286 g/mol. The molecule has 0 spiro atoms. The number of hydrogen-bond acceptors (Lipinski definition) is 2. The van der Waals surface area contributed by atoms with Crippen molar-refractivity contribution in [2.24, 2.45) is 11.8 Å². The SMILES string of the molecule is CC(C)C1CCN(c2ccc(Cl)c(CCl)n2)CC1. The molecule has 0 saturated carbocycles. The molecule has 0 amide bonds. The number of piperidine rings is 1. The first-order valence-corrected chi connectivity index (χ1v) is 7.49. The standard InChI is InChI=1S/C14H20Cl2N2/c1-10(2)11-5-7-18(8-6-11)14-4-3-12(16)13(9-15)17-14/h3-4,10-11H,5-9H2,1-2H3. The van der Waals surface area contributed by atoms with Crippen LogP contribution in [0, 0.1) is 11.8 Å². The Labute approximate surface area is 119 Å². The number of halogens is 2. The van der Waals surface area contributed by atoms with Gasteiger partial charge in [-0.3, -0.25) is 0 Å². The quantitative estimate of drug-likeness (QED) is 0.768. The molecule has 2 nitrogen and oxygen atoms in total. The van der Waals surface area contributed by atoms with E-state index in [1.165, 1.54) is 12.8 Å². The van der Waals surface area contributed by atoms with Gasteiger partial charge in [-0.2, -0.15) is 0 Å². The number of hydrogen-bond donors (Lipinski definition) is 0. The van der Waals surface area contributed by atoms with E-state index in [2.05, 4.69) is 23.7 Å². The average molecular weight is 287 g/mol.